The standard InChI is InChI=1S/C9H6F2N2O3/c10-9(11)5-3-13-6(1-7(14)15)8(16)4(5)2-12/h3,9,16H,1H2,(H,14,15). The van der Waals surface area contributed by atoms with Crippen LogP contribution >= 0.6 is 0 Å². The van der Waals surface area contributed by atoms with Crippen LogP contribution in [0.2, 0.25) is 0 Å². The van der Waals surface area contributed by atoms with Gasteiger partial charge >= 0.3 is 5.97 Å². The van der Waals surface area contributed by atoms with E-state index in [0.29, 0.717) is 6.20 Å². The fraction of sp³-hybridized carbons (Fsp3) is 0.222. The molecule has 0 amide bonds. The summed E-state index contributed by atoms with van der Waals surface area (Å²) in [5.41, 5.74) is -1.66. The molecule has 2 N–H and O–H groups in total. The van der Waals surface area contributed by atoms with E-state index in [1.165, 1.54) is 6.07 Å². The molecule has 1 rings (SSSR count). The zero-order valence-electron chi connectivity index (χ0n) is 7.81. The normalized spacial score (nSPS) is 10.1. The van der Waals surface area contributed by atoms with Crippen LogP contribution in [0.3, 0.4) is 0 Å². The zero-order chi connectivity index (χ0) is 12.3. The minimum atomic E-state index is -2.95. The monoisotopic (exact) mass is 228 g/mol. The van der Waals surface area contributed by atoms with Crippen LogP contribution in [0.5, 0.6) is 5.75 Å². The number of nitrogens with zero attached hydrogens (tertiary/aromatic N) is 2. The predicted molar refractivity (Wildman–Crippen MR) is 46.9 cm³/mol. The number of nitriles is 1. The second kappa shape index (κ2) is 4.53. The zero-order valence-corrected chi connectivity index (χ0v) is 7.81. The van der Waals surface area contributed by atoms with E-state index in [9.17, 15) is 18.7 Å². The summed E-state index contributed by atoms with van der Waals surface area (Å²) in [6.45, 7) is 0. The Morgan fingerprint density at radius 1 is 1.62 bits per heavy atom. The van der Waals surface area contributed by atoms with Crippen molar-refractivity contribution in [3.8, 4) is 11.8 Å². The average Bonchev–Trinajstić information content (AvgIpc) is 2.19. The highest BCUT2D eigenvalue weighted by molar-refractivity contribution is 5.71. The lowest BCUT2D eigenvalue weighted by Crippen LogP contribution is -2.05. The minimum absolute atomic E-state index is 0.312. The summed E-state index contributed by atoms with van der Waals surface area (Å²) < 4.78 is 24.7. The van der Waals surface area contributed by atoms with Crippen LogP contribution in [0.4, 0.5) is 8.78 Å². The number of halogens is 2. The molecule has 0 bridgehead atoms. The third-order valence-electron chi connectivity index (χ3n) is 1.82. The molecular formula is C9H6F2N2O3. The molecule has 16 heavy (non-hydrogen) atoms. The average molecular weight is 228 g/mol. The van der Waals surface area contributed by atoms with E-state index in [1.54, 1.807) is 0 Å². The Hall–Kier alpha value is -2.23. The number of pyridine rings is 1. The Morgan fingerprint density at radius 2 is 2.25 bits per heavy atom. The van der Waals surface area contributed by atoms with Gasteiger partial charge in [-0.15, -0.1) is 0 Å². The molecule has 0 saturated carbocycles. The lowest BCUT2D eigenvalue weighted by Gasteiger charge is -2.07. The molecule has 0 saturated heterocycles. The highest BCUT2D eigenvalue weighted by atomic mass is 19.3. The van der Waals surface area contributed by atoms with Crippen LogP contribution in [0.1, 0.15) is 23.2 Å². The van der Waals surface area contributed by atoms with Crippen molar-refractivity contribution in [3.63, 3.8) is 0 Å². The van der Waals surface area contributed by atoms with E-state index in [2.05, 4.69) is 4.98 Å². The molecule has 0 unspecified atom stereocenters. The molecule has 0 fully saturated rings. The van der Waals surface area contributed by atoms with E-state index in [1.807, 2.05) is 0 Å². The number of carbonyl (C=O) groups is 1. The molecule has 0 spiro atoms. The third kappa shape index (κ3) is 2.23. The first-order chi connectivity index (χ1) is 7.47. The predicted octanol–water partition coefficient (Wildman–Crippen LogP) is 1.22. The topological polar surface area (TPSA) is 94.2 Å². The SMILES string of the molecule is N#Cc1c(C(F)F)cnc(CC(=O)O)c1O. The van der Waals surface area contributed by atoms with E-state index < -0.39 is 35.7 Å². The number of hydrogen-bond acceptors (Lipinski definition) is 4. The summed E-state index contributed by atoms with van der Waals surface area (Å²) in [5.74, 6) is -2.08. The van der Waals surface area contributed by atoms with Gasteiger partial charge < -0.3 is 10.2 Å². The number of rotatable bonds is 3. The second-order valence-corrected chi connectivity index (χ2v) is 2.87. The van der Waals surface area contributed by atoms with Crippen molar-refractivity contribution in [3.05, 3.63) is 23.0 Å². The van der Waals surface area contributed by atoms with Gasteiger partial charge in [-0.3, -0.25) is 9.78 Å². The molecule has 0 aliphatic rings. The van der Waals surface area contributed by atoms with Crippen LogP contribution in [0.25, 0.3) is 0 Å². The number of aliphatic carboxylic acids is 1. The minimum Gasteiger partial charge on any atom is -0.505 e. The van der Waals surface area contributed by atoms with E-state index >= 15 is 0 Å². The summed E-state index contributed by atoms with van der Waals surface area (Å²) in [6.07, 6.45) is -2.89. The van der Waals surface area contributed by atoms with Crippen molar-refractivity contribution in [1.29, 1.82) is 5.26 Å². The fourth-order valence-corrected chi connectivity index (χ4v) is 1.11. The summed E-state index contributed by atoms with van der Waals surface area (Å²) in [5, 5.41) is 26.4. The Kier molecular flexibility index (Phi) is 3.35. The van der Waals surface area contributed by atoms with E-state index in [0.717, 1.165) is 0 Å². The molecule has 0 radical (unpaired) electrons. The van der Waals surface area contributed by atoms with Gasteiger partial charge in [-0.2, -0.15) is 5.26 Å². The van der Waals surface area contributed by atoms with Crippen molar-refractivity contribution < 1.29 is 23.8 Å². The maximum absolute atomic E-state index is 12.4. The van der Waals surface area contributed by atoms with Gasteiger partial charge in [-0.25, -0.2) is 8.78 Å². The van der Waals surface area contributed by atoms with Gasteiger partial charge in [0, 0.05) is 6.20 Å². The van der Waals surface area contributed by atoms with Crippen LogP contribution in [-0.2, 0) is 11.2 Å². The van der Waals surface area contributed by atoms with Gasteiger partial charge in [0.2, 0.25) is 0 Å². The maximum atomic E-state index is 12.4. The first kappa shape index (κ1) is 11.8. The highest BCUT2D eigenvalue weighted by Gasteiger charge is 2.20. The van der Waals surface area contributed by atoms with Gasteiger partial charge in [0.15, 0.2) is 5.75 Å². The smallest absolute Gasteiger partial charge is 0.309 e. The van der Waals surface area contributed by atoms with E-state index in [-0.39, 0.29) is 5.69 Å². The van der Waals surface area contributed by atoms with Crippen molar-refractivity contribution in [2.24, 2.45) is 0 Å². The van der Waals surface area contributed by atoms with E-state index in [4.69, 9.17) is 10.4 Å². The Bertz CT molecular complexity index is 469. The fourth-order valence-electron chi connectivity index (χ4n) is 1.11. The lowest BCUT2D eigenvalue weighted by atomic mass is 10.1. The van der Waals surface area contributed by atoms with Gasteiger partial charge in [-0.1, -0.05) is 0 Å². The largest absolute Gasteiger partial charge is 0.505 e. The molecule has 0 aromatic carbocycles. The molecule has 0 aliphatic heterocycles. The molecule has 7 heteroatoms. The van der Waals surface area contributed by atoms with Crippen LogP contribution in [-0.4, -0.2) is 21.2 Å². The number of aromatic nitrogens is 1. The maximum Gasteiger partial charge on any atom is 0.309 e. The van der Waals surface area contributed by atoms with Crippen molar-refractivity contribution in [1.82, 2.24) is 4.98 Å². The number of carboxylic acids is 1. The molecule has 1 aromatic heterocycles. The summed E-state index contributed by atoms with van der Waals surface area (Å²) >= 11 is 0. The summed E-state index contributed by atoms with van der Waals surface area (Å²) in [7, 11) is 0. The quantitative estimate of drug-likeness (QED) is 0.811. The molecule has 84 valence electrons. The summed E-state index contributed by atoms with van der Waals surface area (Å²) in [6, 6.07) is 1.40. The summed E-state index contributed by atoms with van der Waals surface area (Å²) in [4.78, 5) is 13.7. The Labute approximate surface area is 88.6 Å². The molecule has 0 atom stereocenters. The van der Waals surface area contributed by atoms with Gasteiger partial charge in [0.05, 0.1) is 17.7 Å². The van der Waals surface area contributed by atoms with Gasteiger partial charge in [0.1, 0.15) is 11.6 Å². The first-order valence-electron chi connectivity index (χ1n) is 4.08. The second-order valence-electron chi connectivity index (χ2n) is 2.87. The van der Waals surface area contributed by atoms with Gasteiger partial charge in [-0.05, 0) is 0 Å². The van der Waals surface area contributed by atoms with Crippen molar-refractivity contribution in [2.75, 3.05) is 0 Å². The Morgan fingerprint density at radius 3 is 2.69 bits per heavy atom. The molecule has 1 heterocycles. The highest BCUT2D eigenvalue weighted by Crippen LogP contribution is 2.30. The van der Waals surface area contributed by atoms with Gasteiger partial charge in [0.25, 0.3) is 6.43 Å². The van der Waals surface area contributed by atoms with Crippen molar-refractivity contribution in [2.45, 2.75) is 12.8 Å². The molecule has 5 nitrogen and oxygen atoms in total. The van der Waals surface area contributed by atoms with Crippen LogP contribution < -0.4 is 0 Å². The Balaban J connectivity index is 3.30. The molecule has 0 aliphatic carbocycles. The number of alkyl halides is 2. The van der Waals surface area contributed by atoms with Crippen molar-refractivity contribution >= 4 is 5.97 Å². The third-order valence-corrected chi connectivity index (χ3v) is 1.82. The number of aromatic hydroxyl groups is 1. The lowest BCUT2D eigenvalue weighted by molar-refractivity contribution is -0.136. The van der Waals surface area contributed by atoms with Crippen LogP contribution in [0, 0.1) is 11.3 Å². The molecular weight excluding hydrogens is 222 g/mol. The first-order valence-corrected chi connectivity index (χ1v) is 4.08. The van der Waals surface area contributed by atoms with Crippen LogP contribution in [0.15, 0.2) is 6.20 Å². The number of carboxylic acid groups (broad SMARTS) is 1. The molecule has 1 aromatic rings. The number of hydrogen-bond donors (Lipinski definition) is 2.